The van der Waals surface area contributed by atoms with Gasteiger partial charge in [0.2, 0.25) is 5.91 Å². The molecule has 1 fully saturated rings. The Morgan fingerprint density at radius 1 is 1.45 bits per heavy atom. The molecule has 1 aliphatic heterocycles. The van der Waals surface area contributed by atoms with Gasteiger partial charge in [-0.2, -0.15) is 0 Å². The number of nitrogens with zero attached hydrogens (tertiary/aromatic N) is 2. The number of piperidine rings is 1. The third-order valence-electron chi connectivity index (χ3n) is 3.71. The molecular formula is C14H22N4O2. The van der Waals surface area contributed by atoms with Gasteiger partial charge in [-0.25, -0.2) is 0 Å². The Kier molecular flexibility index (Phi) is 4.92. The van der Waals surface area contributed by atoms with Crippen molar-refractivity contribution < 1.29 is 9.59 Å². The largest absolute Gasteiger partial charge is 0.347 e. The van der Waals surface area contributed by atoms with E-state index in [9.17, 15) is 9.59 Å². The van der Waals surface area contributed by atoms with Crippen LogP contribution in [0.15, 0.2) is 18.3 Å². The van der Waals surface area contributed by atoms with Crippen LogP contribution in [0.25, 0.3) is 0 Å². The van der Waals surface area contributed by atoms with Gasteiger partial charge in [-0.15, -0.1) is 0 Å². The standard InChI is InChI=1S/C14H22N4O2/c1-15-11-5-3-8-18(9-11)10-13(19)16-14(20)12-6-4-7-17(12)2/h4,6-7,11,15H,3,5,8-10H2,1-2H3,(H,16,19,20). The molecule has 0 radical (unpaired) electrons. The molecule has 6 heteroatoms. The average Bonchev–Trinajstić information content (AvgIpc) is 2.85. The molecule has 0 bridgehead atoms. The number of carbonyl (C=O) groups is 2. The molecule has 0 spiro atoms. The van der Waals surface area contributed by atoms with Crippen molar-refractivity contribution in [2.45, 2.75) is 18.9 Å². The third-order valence-corrected chi connectivity index (χ3v) is 3.71. The van der Waals surface area contributed by atoms with E-state index < -0.39 is 0 Å². The summed E-state index contributed by atoms with van der Waals surface area (Å²) in [6.07, 6.45) is 3.99. The van der Waals surface area contributed by atoms with E-state index in [-0.39, 0.29) is 18.4 Å². The van der Waals surface area contributed by atoms with E-state index in [4.69, 9.17) is 0 Å². The first kappa shape index (κ1) is 14.7. The zero-order valence-corrected chi connectivity index (χ0v) is 12.1. The Morgan fingerprint density at radius 3 is 2.90 bits per heavy atom. The topological polar surface area (TPSA) is 66.4 Å². The molecule has 1 aliphatic rings. The van der Waals surface area contributed by atoms with Crippen molar-refractivity contribution >= 4 is 11.8 Å². The fourth-order valence-electron chi connectivity index (χ4n) is 2.57. The first-order chi connectivity index (χ1) is 9.60. The van der Waals surface area contributed by atoms with Gasteiger partial charge in [0.1, 0.15) is 5.69 Å². The van der Waals surface area contributed by atoms with E-state index in [2.05, 4.69) is 15.5 Å². The zero-order valence-electron chi connectivity index (χ0n) is 12.1. The molecule has 1 aromatic rings. The van der Waals surface area contributed by atoms with Crippen LogP contribution in [-0.2, 0) is 11.8 Å². The van der Waals surface area contributed by atoms with Crippen LogP contribution in [0.4, 0.5) is 0 Å². The second-order valence-corrected chi connectivity index (χ2v) is 5.24. The first-order valence-corrected chi connectivity index (χ1v) is 6.95. The maximum Gasteiger partial charge on any atom is 0.274 e. The Morgan fingerprint density at radius 2 is 2.25 bits per heavy atom. The van der Waals surface area contributed by atoms with E-state index in [0.717, 1.165) is 25.9 Å². The SMILES string of the molecule is CNC1CCCN(CC(=O)NC(=O)c2cccn2C)C1. The number of hydrogen-bond donors (Lipinski definition) is 2. The van der Waals surface area contributed by atoms with Gasteiger partial charge in [0.05, 0.1) is 6.54 Å². The summed E-state index contributed by atoms with van der Waals surface area (Å²) in [4.78, 5) is 25.9. The van der Waals surface area contributed by atoms with E-state index in [1.54, 1.807) is 29.9 Å². The molecule has 2 amide bonds. The lowest BCUT2D eigenvalue weighted by atomic mass is 10.1. The maximum atomic E-state index is 11.9. The van der Waals surface area contributed by atoms with Crippen LogP contribution >= 0.6 is 0 Å². The monoisotopic (exact) mass is 278 g/mol. The van der Waals surface area contributed by atoms with E-state index >= 15 is 0 Å². The highest BCUT2D eigenvalue weighted by Crippen LogP contribution is 2.09. The predicted molar refractivity (Wildman–Crippen MR) is 76.4 cm³/mol. The van der Waals surface area contributed by atoms with E-state index in [0.29, 0.717) is 11.7 Å². The molecule has 1 saturated heterocycles. The van der Waals surface area contributed by atoms with Crippen molar-refractivity contribution in [2.24, 2.45) is 7.05 Å². The molecule has 2 N–H and O–H groups in total. The summed E-state index contributed by atoms with van der Waals surface area (Å²) in [5.41, 5.74) is 0.491. The molecule has 1 unspecified atom stereocenters. The summed E-state index contributed by atoms with van der Waals surface area (Å²) >= 11 is 0. The Bertz CT molecular complexity index is 483. The van der Waals surface area contributed by atoms with Crippen molar-refractivity contribution in [3.8, 4) is 0 Å². The summed E-state index contributed by atoms with van der Waals surface area (Å²) in [7, 11) is 3.72. The van der Waals surface area contributed by atoms with Crippen LogP contribution < -0.4 is 10.6 Å². The Balaban J connectivity index is 1.83. The molecule has 2 heterocycles. The molecule has 0 aromatic carbocycles. The summed E-state index contributed by atoms with van der Waals surface area (Å²) in [5.74, 6) is -0.586. The smallest absolute Gasteiger partial charge is 0.274 e. The summed E-state index contributed by atoms with van der Waals surface area (Å²) in [6, 6.07) is 3.90. The molecule has 2 rings (SSSR count). The number of hydrogen-bond acceptors (Lipinski definition) is 4. The lowest BCUT2D eigenvalue weighted by Crippen LogP contribution is -2.48. The van der Waals surface area contributed by atoms with Gasteiger partial charge in [0.15, 0.2) is 0 Å². The minimum absolute atomic E-state index is 0.243. The van der Waals surface area contributed by atoms with Crippen molar-refractivity contribution in [3.05, 3.63) is 24.0 Å². The van der Waals surface area contributed by atoms with Gasteiger partial charge in [-0.1, -0.05) is 0 Å². The summed E-state index contributed by atoms with van der Waals surface area (Å²) < 4.78 is 1.69. The maximum absolute atomic E-state index is 11.9. The highest BCUT2D eigenvalue weighted by molar-refractivity contribution is 6.04. The highest BCUT2D eigenvalue weighted by atomic mass is 16.2. The fraction of sp³-hybridized carbons (Fsp3) is 0.571. The highest BCUT2D eigenvalue weighted by Gasteiger charge is 2.21. The van der Waals surface area contributed by atoms with Gasteiger partial charge >= 0.3 is 0 Å². The predicted octanol–water partition coefficient (Wildman–Crippen LogP) is -0.0347. The van der Waals surface area contributed by atoms with E-state index in [1.165, 1.54) is 0 Å². The number of nitrogens with one attached hydrogen (secondary N) is 2. The Hall–Kier alpha value is -1.66. The summed E-state index contributed by atoms with van der Waals surface area (Å²) in [5, 5.41) is 5.68. The quantitative estimate of drug-likeness (QED) is 0.811. The number of rotatable bonds is 4. The average molecular weight is 278 g/mol. The minimum atomic E-state index is -0.343. The normalized spacial score (nSPS) is 19.8. The van der Waals surface area contributed by atoms with Crippen molar-refractivity contribution in [1.29, 1.82) is 0 Å². The number of aryl methyl sites for hydroxylation is 1. The van der Waals surface area contributed by atoms with Crippen LogP contribution in [0.2, 0.25) is 0 Å². The second kappa shape index (κ2) is 6.67. The summed E-state index contributed by atoms with van der Waals surface area (Å²) in [6.45, 7) is 2.03. The minimum Gasteiger partial charge on any atom is -0.347 e. The number of likely N-dealkylation sites (tertiary alicyclic amines) is 1. The Labute approximate surface area is 119 Å². The lowest BCUT2D eigenvalue weighted by Gasteiger charge is -2.31. The van der Waals surface area contributed by atoms with Gasteiger partial charge in [-0.05, 0) is 38.6 Å². The molecule has 0 aliphatic carbocycles. The third kappa shape index (κ3) is 3.68. The van der Waals surface area contributed by atoms with Crippen LogP contribution in [0, 0.1) is 0 Å². The fourth-order valence-corrected chi connectivity index (χ4v) is 2.57. The van der Waals surface area contributed by atoms with Gasteiger partial charge in [-0.3, -0.25) is 19.8 Å². The molecule has 1 atom stereocenters. The van der Waals surface area contributed by atoms with Gasteiger partial charge < -0.3 is 9.88 Å². The molecule has 110 valence electrons. The number of amides is 2. The molecule has 1 aromatic heterocycles. The zero-order chi connectivity index (χ0) is 14.5. The van der Waals surface area contributed by atoms with E-state index in [1.807, 2.05) is 7.05 Å². The van der Waals surface area contributed by atoms with Gasteiger partial charge in [0, 0.05) is 25.8 Å². The number of carbonyl (C=O) groups excluding carboxylic acids is 2. The van der Waals surface area contributed by atoms with Crippen molar-refractivity contribution in [1.82, 2.24) is 20.1 Å². The molecule has 0 saturated carbocycles. The van der Waals surface area contributed by atoms with Crippen LogP contribution in [0.5, 0.6) is 0 Å². The molecular weight excluding hydrogens is 256 g/mol. The first-order valence-electron chi connectivity index (χ1n) is 6.95. The number of aromatic nitrogens is 1. The van der Waals surface area contributed by atoms with Crippen LogP contribution in [0.3, 0.4) is 0 Å². The van der Waals surface area contributed by atoms with Crippen molar-refractivity contribution in [2.75, 3.05) is 26.7 Å². The molecule has 20 heavy (non-hydrogen) atoms. The number of imide groups is 1. The number of likely N-dealkylation sites (N-methyl/N-ethyl adjacent to an activating group) is 1. The van der Waals surface area contributed by atoms with Crippen LogP contribution in [-0.4, -0.2) is 54.0 Å². The second-order valence-electron chi connectivity index (χ2n) is 5.24. The van der Waals surface area contributed by atoms with Crippen molar-refractivity contribution in [3.63, 3.8) is 0 Å². The van der Waals surface area contributed by atoms with Crippen LogP contribution in [0.1, 0.15) is 23.3 Å². The van der Waals surface area contributed by atoms with Gasteiger partial charge in [0.25, 0.3) is 5.91 Å². The molecule has 6 nitrogen and oxygen atoms in total. The lowest BCUT2D eigenvalue weighted by molar-refractivity contribution is -0.121.